The maximum absolute atomic E-state index is 12.2. The van der Waals surface area contributed by atoms with Gasteiger partial charge in [0.15, 0.2) is 0 Å². The quantitative estimate of drug-likeness (QED) is 0.486. The second-order valence-electron chi connectivity index (χ2n) is 4.18. The van der Waals surface area contributed by atoms with Crippen molar-refractivity contribution in [2.75, 3.05) is 3.93 Å². The van der Waals surface area contributed by atoms with Crippen LogP contribution in [0.15, 0.2) is 48.5 Å². The maximum Gasteiger partial charge on any atom is 0.274 e. The number of nitrogens with zero attached hydrogens (tertiary/aromatic N) is 2. The van der Waals surface area contributed by atoms with Crippen molar-refractivity contribution in [1.29, 1.82) is 0 Å². The van der Waals surface area contributed by atoms with Crippen LogP contribution < -0.4 is 3.93 Å². The van der Waals surface area contributed by atoms with E-state index in [1.54, 1.807) is 43.3 Å². The number of nitro groups is 1. The van der Waals surface area contributed by atoms with Crippen molar-refractivity contribution in [3.63, 3.8) is 0 Å². The molecule has 0 spiro atoms. The first kappa shape index (κ1) is 14.2. The van der Waals surface area contributed by atoms with Gasteiger partial charge in [0, 0.05) is 17.2 Å². The van der Waals surface area contributed by atoms with E-state index < -0.39 is 4.92 Å². The van der Waals surface area contributed by atoms with E-state index in [1.807, 2.05) is 6.07 Å². The summed E-state index contributed by atoms with van der Waals surface area (Å²) in [7, 11) is 0. The fourth-order valence-corrected chi connectivity index (χ4v) is 2.15. The molecule has 0 N–H and O–H groups in total. The summed E-state index contributed by atoms with van der Waals surface area (Å²) in [5.74, 6) is -0.288. The summed E-state index contributed by atoms with van der Waals surface area (Å²) < 4.78 is 1.22. The third-order valence-electron chi connectivity index (χ3n) is 2.82. The molecule has 0 heterocycles. The normalized spacial score (nSPS) is 10.1. The number of rotatable bonds is 3. The van der Waals surface area contributed by atoms with Crippen molar-refractivity contribution in [2.24, 2.45) is 0 Å². The Morgan fingerprint density at radius 2 is 1.85 bits per heavy atom. The third kappa shape index (κ3) is 2.85. The second kappa shape index (κ2) is 5.83. The van der Waals surface area contributed by atoms with E-state index in [4.69, 9.17) is 0 Å². The van der Waals surface area contributed by atoms with Gasteiger partial charge in [-0.2, -0.15) is 0 Å². The average molecular weight is 335 g/mol. The number of nitro benzene ring substituents is 1. The molecule has 2 rings (SSSR count). The average Bonchev–Trinajstić information content (AvgIpc) is 2.47. The van der Waals surface area contributed by atoms with Gasteiger partial charge in [0.05, 0.1) is 26.8 Å². The van der Waals surface area contributed by atoms with E-state index in [9.17, 15) is 14.9 Å². The predicted molar refractivity (Wildman–Crippen MR) is 80.0 cm³/mol. The molecule has 0 aliphatic heterocycles. The molecule has 0 radical (unpaired) electrons. The van der Waals surface area contributed by atoms with E-state index in [0.29, 0.717) is 16.8 Å². The van der Waals surface area contributed by atoms with Crippen molar-refractivity contribution in [1.82, 2.24) is 0 Å². The third-order valence-corrected chi connectivity index (χ3v) is 3.55. The summed E-state index contributed by atoms with van der Waals surface area (Å²) in [6, 6.07) is 13.3. The zero-order valence-electron chi connectivity index (χ0n) is 10.6. The van der Waals surface area contributed by atoms with Crippen molar-refractivity contribution < 1.29 is 9.72 Å². The lowest BCUT2D eigenvalue weighted by Crippen LogP contribution is -2.20. The Hall–Kier alpha value is -2.21. The van der Waals surface area contributed by atoms with Gasteiger partial charge < -0.3 is 0 Å². The van der Waals surface area contributed by atoms with Crippen molar-refractivity contribution in [3.8, 4) is 0 Å². The first-order chi connectivity index (χ1) is 9.50. The molecule has 0 unspecified atom stereocenters. The number of hydrogen-bond donors (Lipinski definition) is 0. The molecule has 0 aromatic heterocycles. The Morgan fingerprint density at radius 1 is 1.20 bits per heavy atom. The van der Waals surface area contributed by atoms with Gasteiger partial charge in [0.1, 0.15) is 0 Å². The molecule has 20 heavy (non-hydrogen) atoms. The van der Waals surface area contributed by atoms with Gasteiger partial charge in [-0.05, 0) is 25.1 Å². The Bertz CT molecular complexity index is 659. The highest BCUT2D eigenvalue weighted by atomic mass is 79.9. The molecule has 2 aromatic rings. The van der Waals surface area contributed by atoms with Crippen LogP contribution in [-0.2, 0) is 0 Å². The number of carbonyl (C=O) groups is 1. The maximum atomic E-state index is 12.2. The number of carbonyl (C=O) groups excluding carboxylic acids is 1. The monoisotopic (exact) mass is 334 g/mol. The first-order valence-corrected chi connectivity index (χ1v) is 6.52. The number of benzene rings is 2. The van der Waals surface area contributed by atoms with Crippen LogP contribution in [0.3, 0.4) is 0 Å². The number of anilines is 1. The van der Waals surface area contributed by atoms with Gasteiger partial charge in [0.25, 0.3) is 11.6 Å². The zero-order valence-corrected chi connectivity index (χ0v) is 12.2. The summed E-state index contributed by atoms with van der Waals surface area (Å²) in [5.41, 5.74) is 1.43. The molecule has 0 bridgehead atoms. The Morgan fingerprint density at radius 3 is 2.45 bits per heavy atom. The van der Waals surface area contributed by atoms with E-state index in [-0.39, 0.29) is 11.6 Å². The fourth-order valence-electron chi connectivity index (χ4n) is 1.73. The predicted octanol–water partition coefficient (Wildman–Crippen LogP) is 3.86. The number of hydrogen-bond acceptors (Lipinski definition) is 3. The Kier molecular flexibility index (Phi) is 4.14. The van der Waals surface area contributed by atoms with Crippen LogP contribution in [-0.4, -0.2) is 10.8 Å². The first-order valence-electron chi connectivity index (χ1n) is 5.81. The lowest BCUT2D eigenvalue weighted by molar-refractivity contribution is -0.385. The zero-order chi connectivity index (χ0) is 14.7. The molecule has 0 saturated carbocycles. The summed E-state index contributed by atoms with van der Waals surface area (Å²) in [5, 5.41) is 10.9. The molecule has 0 fully saturated rings. The van der Waals surface area contributed by atoms with Gasteiger partial charge >= 0.3 is 0 Å². The molecule has 0 saturated heterocycles. The van der Waals surface area contributed by atoms with Crippen LogP contribution in [0.2, 0.25) is 0 Å². The number of aryl methyl sites for hydroxylation is 1. The lowest BCUT2D eigenvalue weighted by atomic mass is 10.1. The molecule has 1 amide bonds. The smallest absolute Gasteiger partial charge is 0.268 e. The summed E-state index contributed by atoms with van der Waals surface area (Å²) in [4.78, 5) is 22.7. The number of amides is 1. The second-order valence-corrected chi connectivity index (χ2v) is 4.89. The Balaban J connectivity index is 2.34. The molecule has 5 nitrogen and oxygen atoms in total. The van der Waals surface area contributed by atoms with Crippen molar-refractivity contribution >= 4 is 33.4 Å². The van der Waals surface area contributed by atoms with Gasteiger partial charge in [-0.3, -0.25) is 14.9 Å². The van der Waals surface area contributed by atoms with Crippen LogP contribution >= 0.6 is 16.1 Å². The summed E-state index contributed by atoms with van der Waals surface area (Å²) in [6.07, 6.45) is 0. The lowest BCUT2D eigenvalue weighted by Gasteiger charge is -2.14. The van der Waals surface area contributed by atoms with Crippen LogP contribution in [0.25, 0.3) is 0 Å². The van der Waals surface area contributed by atoms with E-state index in [0.717, 1.165) is 0 Å². The van der Waals surface area contributed by atoms with Gasteiger partial charge in [-0.25, -0.2) is 3.93 Å². The Labute approximate surface area is 124 Å². The highest BCUT2D eigenvalue weighted by molar-refractivity contribution is 9.10. The molecule has 0 aliphatic rings. The van der Waals surface area contributed by atoms with Crippen LogP contribution in [0.1, 0.15) is 15.9 Å². The SMILES string of the molecule is Cc1ccc(N(Br)C(=O)c2ccccc2)cc1[N+](=O)[O-]. The molecular weight excluding hydrogens is 324 g/mol. The largest absolute Gasteiger partial charge is 0.274 e. The fraction of sp³-hybridized carbons (Fsp3) is 0.0714. The minimum Gasteiger partial charge on any atom is -0.268 e. The minimum absolute atomic E-state index is 0.0205. The highest BCUT2D eigenvalue weighted by Crippen LogP contribution is 2.28. The van der Waals surface area contributed by atoms with Gasteiger partial charge in [0.2, 0.25) is 0 Å². The summed E-state index contributed by atoms with van der Waals surface area (Å²) in [6.45, 7) is 1.65. The summed E-state index contributed by atoms with van der Waals surface area (Å²) >= 11 is 3.16. The molecule has 0 aliphatic carbocycles. The molecule has 6 heteroatoms. The standard InChI is InChI=1S/C14H11BrN2O3/c1-10-7-8-12(9-13(10)17(19)20)16(15)14(18)11-5-3-2-4-6-11/h2-9H,1H3. The molecule has 2 aromatic carbocycles. The minimum atomic E-state index is -0.466. The van der Waals surface area contributed by atoms with Crippen LogP contribution in [0.4, 0.5) is 11.4 Å². The molecule has 0 atom stereocenters. The van der Waals surface area contributed by atoms with E-state index in [1.165, 1.54) is 9.99 Å². The number of halogens is 1. The van der Waals surface area contributed by atoms with Crippen molar-refractivity contribution in [2.45, 2.75) is 6.92 Å². The van der Waals surface area contributed by atoms with E-state index >= 15 is 0 Å². The highest BCUT2D eigenvalue weighted by Gasteiger charge is 2.19. The van der Waals surface area contributed by atoms with Crippen LogP contribution in [0.5, 0.6) is 0 Å². The van der Waals surface area contributed by atoms with E-state index in [2.05, 4.69) is 16.1 Å². The topological polar surface area (TPSA) is 63.5 Å². The van der Waals surface area contributed by atoms with Gasteiger partial charge in [-0.1, -0.05) is 24.3 Å². The van der Waals surface area contributed by atoms with Crippen LogP contribution in [0, 0.1) is 17.0 Å². The molecule has 102 valence electrons. The van der Waals surface area contributed by atoms with Gasteiger partial charge in [-0.15, -0.1) is 0 Å². The molecular formula is C14H11BrN2O3. The van der Waals surface area contributed by atoms with Crippen molar-refractivity contribution in [3.05, 3.63) is 69.8 Å².